The average molecular weight is 458 g/mol. The lowest BCUT2D eigenvalue weighted by Gasteiger charge is -2.06. The molecule has 4 rings (SSSR count). The molecule has 11 heteroatoms. The molecule has 0 saturated carbocycles. The van der Waals surface area contributed by atoms with Crippen LogP contribution >= 0.6 is 23.4 Å². The molecule has 0 bridgehead atoms. The second-order valence-corrected chi connectivity index (χ2v) is 8.00. The van der Waals surface area contributed by atoms with Gasteiger partial charge in [0.15, 0.2) is 0 Å². The number of amides is 1. The number of benzene rings is 2. The Hall–Kier alpha value is -3.37. The molecule has 2 aromatic carbocycles. The molecule has 0 aliphatic carbocycles. The molecule has 0 fully saturated rings. The van der Waals surface area contributed by atoms with Gasteiger partial charge in [0.25, 0.3) is 0 Å². The molecule has 0 atom stereocenters. The van der Waals surface area contributed by atoms with Gasteiger partial charge in [-0.2, -0.15) is 5.10 Å². The number of H-pyrrole nitrogens is 1. The first-order chi connectivity index (χ1) is 14.9. The fourth-order valence-corrected chi connectivity index (χ4v) is 3.60. The first kappa shape index (κ1) is 20.9. The van der Waals surface area contributed by atoms with Gasteiger partial charge in [0.2, 0.25) is 16.9 Å². The van der Waals surface area contributed by atoms with Gasteiger partial charge in [-0.3, -0.25) is 9.89 Å². The van der Waals surface area contributed by atoms with Crippen molar-refractivity contribution in [2.24, 2.45) is 0 Å². The minimum atomic E-state index is -0.322. The van der Waals surface area contributed by atoms with Crippen molar-refractivity contribution in [2.75, 3.05) is 16.9 Å². The lowest BCUT2D eigenvalue weighted by atomic mass is 10.1. The monoisotopic (exact) mass is 457 g/mol. The summed E-state index contributed by atoms with van der Waals surface area (Å²) in [4.78, 5) is 12.2. The molecule has 0 unspecified atom stereocenters. The van der Waals surface area contributed by atoms with E-state index in [0.717, 1.165) is 22.9 Å². The highest BCUT2D eigenvalue weighted by atomic mass is 35.5. The zero-order valence-corrected chi connectivity index (χ0v) is 17.8. The van der Waals surface area contributed by atoms with E-state index in [4.69, 9.17) is 17.4 Å². The summed E-state index contributed by atoms with van der Waals surface area (Å²) in [6.07, 6.45) is 0. The van der Waals surface area contributed by atoms with Crippen molar-refractivity contribution < 1.29 is 9.18 Å². The SMILES string of the molecule is Cc1ccc(NC(=O)CSc2nnc(-c3cc(-c4ccc(F)cc4)n[nH]3)n2N)cc1Cl. The van der Waals surface area contributed by atoms with Gasteiger partial charge in [0.05, 0.1) is 11.4 Å². The highest BCUT2D eigenvalue weighted by molar-refractivity contribution is 7.99. The Morgan fingerprint density at radius 1 is 1.23 bits per heavy atom. The zero-order valence-electron chi connectivity index (χ0n) is 16.3. The first-order valence-electron chi connectivity index (χ1n) is 9.12. The molecule has 158 valence electrons. The lowest BCUT2D eigenvalue weighted by molar-refractivity contribution is -0.113. The fourth-order valence-electron chi connectivity index (χ4n) is 2.76. The number of aromatic nitrogens is 5. The quantitative estimate of drug-likeness (QED) is 0.299. The molecule has 0 aliphatic rings. The van der Waals surface area contributed by atoms with Gasteiger partial charge in [-0.15, -0.1) is 10.2 Å². The molecular formula is C20H17ClFN7OS. The van der Waals surface area contributed by atoms with E-state index in [1.807, 2.05) is 13.0 Å². The Morgan fingerprint density at radius 2 is 2.00 bits per heavy atom. The van der Waals surface area contributed by atoms with Crippen LogP contribution in [0, 0.1) is 12.7 Å². The van der Waals surface area contributed by atoms with Gasteiger partial charge < -0.3 is 11.2 Å². The van der Waals surface area contributed by atoms with E-state index in [9.17, 15) is 9.18 Å². The van der Waals surface area contributed by atoms with E-state index in [1.54, 1.807) is 30.3 Å². The smallest absolute Gasteiger partial charge is 0.234 e. The molecule has 2 heterocycles. The number of hydrogen-bond donors (Lipinski definition) is 3. The van der Waals surface area contributed by atoms with E-state index >= 15 is 0 Å². The molecule has 4 N–H and O–H groups in total. The van der Waals surface area contributed by atoms with E-state index in [0.29, 0.717) is 33.1 Å². The number of carbonyl (C=O) groups excluding carboxylic acids is 1. The number of thioether (sulfide) groups is 1. The normalized spacial score (nSPS) is 10.9. The second-order valence-electron chi connectivity index (χ2n) is 6.65. The molecule has 8 nitrogen and oxygen atoms in total. The maximum Gasteiger partial charge on any atom is 0.234 e. The number of nitrogens with zero attached hydrogens (tertiary/aromatic N) is 4. The molecule has 0 spiro atoms. The van der Waals surface area contributed by atoms with Gasteiger partial charge in [-0.25, -0.2) is 9.07 Å². The number of nitrogens with two attached hydrogens (primary N) is 1. The number of halogens is 2. The highest BCUT2D eigenvalue weighted by Gasteiger charge is 2.16. The van der Waals surface area contributed by atoms with Crippen molar-refractivity contribution in [1.82, 2.24) is 25.1 Å². The third-order valence-electron chi connectivity index (χ3n) is 4.41. The van der Waals surface area contributed by atoms with Gasteiger partial charge in [-0.05, 0) is 55.0 Å². The van der Waals surface area contributed by atoms with Gasteiger partial charge in [-0.1, -0.05) is 29.4 Å². The molecule has 31 heavy (non-hydrogen) atoms. The standard InChI is InChI=1S/C20H17ClFN7OS/c1-11-2-7-14(8-15(11)21)24-18(30)10-31-20-28-27-19(29(20)23)17-9-16(25-26-17)12-3-5-13(22)6-4-12/h2-9H,10,23H2,1H3,(H,24,30)(H,25,26). The van der Waals surface area contributed by atoms with E-state index in [-0.39, 0.29) is 17.5 Å². The molecule has 2 aromatic heterocycles. The Labute approximate surface area is 186 Å². The third-order valence-corrected chi connectivity index (χ3v) is 5.76. The summed E-state index contributed by atoms with van der Waals surface area (Å²) >= 11 is 7.23. The maximum absolute atomic E-state index is 13.1. The molecule has 1 amide bonds. The molecular weight excluding hydrogens is 441 g/mol. The fraction of sp³-hybridized carbons (Fsp3) is 0.100. The number of aryl methyl sites for hydroxylation is 1. The highest BCUT2D eigenvalue weighted by Crippen LogP contribution is 2.25. The van der Waals surface area contributed by atoms with Crippen LogP contribution in [-0.2, 0) is 4.79 Å². The molecule has 0 aliphatic heterocycles. The maximum atomic E-state index is 13.1. The minimum absolute atomic E-state index is 0.0879. The van der Waals surface area contributed by atoms with Crippen LogP contribution in [0.3, 0.4) is 0 Å². The first-order valence-corrected chi connectivity index (χ1v) is 10.5. The van der Waals surface area contributed by atoms with Crippen LogP contribution in [0.5, 0.6) is 0 Å². The Morgan fingerprint density at radius 3 is 2.74 bits per heavy atom. The summed E-state index contributed by atoms with van der Waals surface area (Å²) < 4.78 is 14.4. The number of anilines is 1. The molecule has 0 radical (unpaired) electrons. The summed E-state index contributed by atoms with van der Waals surface area (Å²) in [5.74, 6) is 6.00. The average Bonchev–Trinajstić information content (AvgIpc) is 3.36. The number of nitrogens with one attached hydrogen (secondary N) is 2. The number of aromatic amines is 1. The van der Waals surface area contributed by atoms with E-state index in [1.165, 1.54) is 16.8 Å². The summed E-state index contributed by atoms with van der Waals surface area (Å²) in [7, 11) is 0. The molecule has 4 aromatic rings. The van der Waals surface area contributed by atoms with Crippen LogP contribution in [0.15, 0.2) is 53.7 Å². The lowest BCUT2D eigenvalue weighted by Crippen LogP contribution is -2.16. The van der Waals surface area contributed by atoms with Crippen LogP contribution in [0.4, 0.5) is 10.1 Å². The second kappa shape index (κ2) is 8.78. The van der Waals surface area contributed by atoms with Gasteiger partial charge >= 0.3 is 0 Å². The van der Waals surface area contributed by atoms with Crippen molar-refractivity contribution in [3.8, 4) is 22.8 Å². The predicted octanol–water partition coefficient (Wildman–Crippen LogP) is 3.88. The van der Waals surface area contributed by atoms with Crippen molar-refractivity contribution in [1.29, 1.82) is 0 Å². The van der Waals surface area contributed by atoms with Crippen LogP contribution in [0.25, 0.3) is 22.8 Å². The van der Waals surface area contributed by atoms with Crippen LogP contribution in [-0.4, -0.2) is 36.7 Å². The van der Waals surface area contributed by atoms with Crippen molar-refractivity contribution in [3.05, 3.63) is 64.9 Å². The predicted molar refractivity (Wildman–Crippen MR) is 119 cm³/mol. The van der Waals surface area contributed by atoms with E-state index in [2.05, 4.69) is 25.7 Å². The number of nitrogen functional groups attached to an aromatic ring is 1. The Bertz CT molecular complexity index is 1240. The van der Waals surface area contributed by atoms with Gasteiger partial charge in [0, 0.05) is 16.3 Å². The summed E-state index contributed by atoms with van der Waals surface area (Å²) in [6.45, 7) is 1.89. The minimum Gasteiger partial charge on any atom is -0.335 e. The largest absolute Gasteiger partial charge is 0.335 e. The number of carbonyl (C=O) groups is 1. The number of rotatable bonds is 6. The van der Waals surface area contributed by atoms with Crippen LogP contribution < -0.4 is 11.2 Å². The Kier molecular flexibility index (Phi) is 5.92. The summed E-state index contributed by atoms with van der Waals surface area (Å²) in [5.41, 5.74) is 3.44. The summed E-state index contributed by atoms with van der Waals surface area (Å²) in [5, 5.41) is 18.9. The van der Waals surface area contributed by atoms with Crippen molar-refractivity contribution in [2.45, 2.75) is 12.1 Å². The zero-order chi connectivity index (χ0) is 22.0. The van der Waals surface area contributed by atoms with Crippen molar-refractivity contribution in [3.63, 3.8) is 0 Å². The topological polar surface area (TPSA) is 115 Å². The Balaban J connectivity index is 1.42. The number of hydrogen-bond acceptors (Lipinski definition) is 6. The van der Waals surface area contributed by atoms with Crippen molar-refractivity contribution >= 4 is 35.0 Å². The van der Waals surface area contributed by atoms with E-state index < -0.39 is 0 Å². The summed E-state index contributed by atoms with van der Waals surface area (Å²) in [6, 6.07) is 13.0. The molecule has 0 saturated heterocycles. The van der Waals surface area contributed by atoms with Crippen LogP contribution in [0.2, 0.25) is 5.02 Å². The van der Waals surface area contributed by atoms with Gasteiger partial charge in [0.1, 0.15) is 11.5 Å². The van der Waals surface area contributed by atoms with Crippen LogP contribution in [0.1, 0.15) is 5.56 Å². The third kappa shape index (κ3) is 4.70.